The van der Waals surface area contributed by atoms with Crippen molar-refractivity contribution in [1.29, 1.82) is 0 Å². The lowest BCUT2D eigenvalue weighted by Gasteiger charge is -2.16. The normalized spacial score (nSPS) is 24.0. The molecule has 0 radical (unpaired) electrons. The van der Waals surface area contributed by atoms with Gasteiger partial charge >= 0.3 is 0 Å². The zero-order valence-electron chi connectivity index (χ0n) is 10.1. The molecule has 0 unspecified atom stereocenters. The summed E-state index contributed by atoms with van der Waals surface area (Å²) in [6, 6.07) is 0. The van der Waals surface area contributed by atoms with Crippen LogP contribution in [0.4, 0.5) is 0 Å². The molecule has 0 atom stereocenters. The summed E-state index contributed by atoms with van der Waals surface area (Å²) in [7, 11) is 0. The fourth-order valence-electron chi connectivity index (χ4n) is 2.86. The first-order chi connectivity index (χ1) is 7.45. The summed E-state index contributed by atoms with van der Waals surface area (Å²) in [6.07, 6.45) is 10.0. The van der Waals surface area contributed by atoms with Gasteiger partial charge in [0.1, 0.15) is 0 Å². The van der Waals surface area contributed by atoms with Crippen molar-refractivity contribution in [3.8, 4) is 0 Å². The molecule has 2 heterocycles. The molecule has 2 aliphatic rings. The SMILES string of the molecule is C(CCN1CCCC1)CCN1CCCC1. The third kappa shape index (κ3) is 4.12. The third-order valence-corrected chi connectivity index (χ3v) is 3.85. The van der Waals surface area contributed by atoms with Gasteiger partial charge in [-0.3, -0.25) is 0 Å². The first-order valence-corrected chi connectivity index (χ1v) is 6.90. The highest BCUT2D eigenvalue weighted by atomic mass is 15.1. The highest BCUT2D eigenvalue weighted by Gasteiger charge is 2.11. The smallest absolute Gasteiger partial charge is 0.00183 e. The Hall–Kier alpha value is -0.0800. The molecule has 0 amide bonds. The van der Waals surface area contributed by atoms with E-state index in [1.54, 1.807) is 0 Å². The van der Waals surface area contributed by atoms with Gasteiger partial charge < -0.3 is 9.80 Å². The molecular formula is C13H26N2. The van der Waals surface area contributed by atoms with Crippen LogP contribution >= 0.6 is 0 Å². The van der Waals surface area contributed by atoms with E-state index in [1.165, 1.54) is 84.2 Å². The highest BCUT2D eigenvalue weighted by molar-refractivity contribution is 4.67. The van der Waals surface area contributed by atoms with E-state index in [0.717, 1.165) is 0 Å². The molecule has 2 fully saturated rings. The zero-order chi connectivity index (χ0) is 10.3. The molecule has 15 heavy (non-hydrogen) atoms. The Bertz CT molecular complexity index is 140. The molecule has 0 N–H and O–H groups in total. The Kier molecular flexibility index (Phi) is 4.94. The predicted octanol–water partition coefficient (Wildman–Crippen LogP) is 2.35. The van der Waals surface area contributed by atoms with Crippen molar-refractivity contribution in [3.05, 3.63) is 0 Å². The Morgan fingerprint density at radius 2 is 0.933 bits per heavy atom. The van der Waals surface area contributed by atoms with Crippen molar-refractivity contribution < 1.29 is 0 Å². The number of hydrogen-bond acceptors (Lipinski definition) is 2. The van der Waals surface area contributed by atoms with Gasteiger partial charge in [0, 0.05) is 0 Å². The summed E-state index contributed by atoms with van der Waals surface area (Å²) < 4.78 is 0. The molecule has 2 heteroatoms. The monoisotopic (exact) mass is 210 g/mol. The van der Waals surface area contributed by atoms with Gasteiger partial charge in [-0.25, -0.2) is 0 Å². The minimum Gasteiger partial charge on any atom is -0.303 e. The predicted molar refractivity (Wildman–Crippen MR) is 65.2 cm³/mol. The van der Waals surface area contributed by atoms with Crippen LogP contribution in [0, 0.1) is 0 Å². The van der Waals surface area contributed by atoms with Crippen molar-refractivity contribution in [1.82, 2.24) is 9.80 Å². The van der Waals surface area contributed by atoms with Crippen LogP contribution in [0.15, 0.2) is 0 Å². The molecule has 2 aliphatic heterocycles. The molecule has 0 bridgehead atoms. The molecule has 2 saturated heterocycles. The molecule has 0 aromatic carbocycles. The van der Waals surface area contributed by atoms with Crippen molar-refractivity contribution in [2.24, 2.45) is 0 Å². The molecule has 0 aliphatic carbocycles. The maximum Gasteiger partial charge on any atom is -0.00183 e. The molecule has 0 saturated carbocycles. The number of rotatable bonds is 6. The van der Waals surface area contributed by atoms with Gasteiger partial charge in [0.25, 0.3) is 0 Å². The van der Waals surface area contributed by atoms with Crippen LogP contribution in [0.1, 0.15) is 44.9 Å². The van der Waals surface area contributed by atoms with Gasteiger partial charge in [-0.05, 0) is 77.8 Å². The minimum atomic E-state index is 1.36. The van der Waals surface area contributed by atoms with E-state index in [4.69, 9.17) is 0 Å². The molecular weight excluding hydrogens is 184 g/mol. The molecule has 0 aromatic rings. The van der Waals surface area contributed by atoms with Crippen molar-refractivity contribution in [2.45, 2.75) is 44.9 Å². The standard InChI is InChI=1S/C13H26N2/c1(2-8-14-10-4-5-11-14)3-9-15-12-6-7-13-15/h1-13H2. The van der Waals surface area contributed by atoms with E-state index in [2.05, 4.69) is 9.80 Å². The Balaban J connectivity index is 1.41. The summed E-state index contributed by atoms with van der Waals surface area (Å²) in [5.74, 6) is 0. The Morgan fingerprint density at radius 1 is 0.533 bits per heavy atom. The van der Waals surface area contributed by atoms with Gasteiger partial charge in [-0.1, -0.05) is 6.42 Å². The van der Waals surface area contributed by atoms with Crippen molar-refractivity contribution >= 4 is 0 Å². The zero-order valence-corrected chi connectivity index (χ0v) is 10.1. The Morgan fingerprint density at radius 3 is 1.33 bits per heavy atom. The summed E-state index contributed by atoms with van der Waals surface area (Å²) >= 11 is 0. The van der Waals surface area contributed by atoms with E-state index in [9.17, 15) is 0 Å². The largest absolute Gasteiger partial charge is 0.303 e. The topological polar surface area (TPSA) is 6.48 Å². The molecule has 88 valence electrons. The van der Waals surface area contributed by atoms with Crippen LogP contribution in [0.5, 0.6) is 0 Å². The van der Waals surface area contributed by atoms with Crippen molar-refractivity contribution in [2.75, 3.05) is 39.3 Å². The van der Waals surface area contributed by atoms with Crippen molar-refractivity contribution in [3.63, 3.8) is 0 Å². The van der Waals surface area contributed by atoms with Crippen LogP contribution in [-0.4, -0.2) is 49.1 Å². The lowest BCUT2D eigenvalue weighted by Crippen LogP contribution is -2.22. The lowest BCUT2D eigenvalue weighted by molar-refractivity contribution is 0.306. The second-order valence-electron chi connectivity index (χ2n) is 5.16. The molecule has 2 rings (SSSR count). The van der Waals surface area contributed by atoms with Crippen LogP contribution in [-0.2, 0) is 0 Å². The maximum atomic E-state index is 2.63. The number of likely N-dealkylation sites (tertiary alicyclic amines) is 2. The fourth-order valence-corrected chi connectivity index (χ4v) is 2.86. The van der Waals surface area contributed by atoms with E-state index < -0.39 is 0 Å². The van der Waals surface area contributed by atoms with Gasteiger partial charge in [0.05, 0.1) is 0 Å². The summed E-state index contributed by atoms with van der Waals surface area (Å²) in [5.41, 5.74) is 0. The first-order valence-electron chi connectivity index (χ1n) is 6.90. The highest BCUT2D eigenvalue weighted by Crippen LogP contribution is 2.11. The molecule has 2 nitrogen and oxygen atoms in total. The summed E-state index contributed by atoms with van der Waals surface area (Å²) in [5, 5.41) is 0. The van der Waals surface area contributed by atoms with E-state index in [1.807, 2.05) is 0 Å². The van der Waals surface area contributed by atoms with Gasteiger partial charge in [-0.2, -0.15) is 0 Å². The maximum absolute atomic E-state index is 2.63. The Labute approximate surface area is 94.6 Å². The van der Waals surface area contributed by atoms with Crippen LogP contribution in [0.2, 0.25) is 0 Å². The fraction of sp³-hybridized carbons (Fsp3) is 1.00. The van der Waals surface area contributed by atoms with Gasteiger partial charge in [0.15, 0.2) is 0 Å². The number of nitrogens with zero attached hydrogens (tertiary/aromatic N) is 2. The number of unbranched alkanes of at least 4 members (excludes halogenated alkanes) is 2. The van der Waals surface area contributed by atoms with Crippen LogP contribution in [0.25, 0.3) is 0 Å². The quantitative estimate of drug-likeness (QED) is 0.621. The lowest BCUT2D eigenvalue weighted by atomic mass is 10.2. The van der Waals surface area contributed by atoms with Gasteiger partial charge in [-0.15, -0.1) is 0 Å². The number of hydrogen-bond donors (Lipinski definition) is 0. The van der Waals surface area contributed by atoms with E-state index in [-0.39, 0.29) is 0 Å². The summed E-state index contributed by atoms with van der Waals surface area (Å²) in [4.78, 5) is 5.27. The third-order valence-electron chi connectivity index (χ3n) is 3.85. The molecule has 0 spiro atoms. The van der Waals surface area contributed by atoms with Crippen LogP contribution in [0.3, 0.4) is 0 Å². The second kappa shape index (κ2) is 6.49. The van der Waals surface area contributed by atoms with Crippen LogP contribution < -0.4 is 0 Å². The van der Waals surface area contributed by atoms with Gasteiger partial charge in [0.2, 0.25) is 0 Å². The second-order valence-corrected chi connectivity index (χ2v) is 5.16. The summed E-state index contributed by atoms with van der Waals surface area (Å²) in [6.45, 7) is 8.19. The minimum absolute atomic E-state index is 1.36. The average molecular weight is 210 g/mol. The van der Waals surface area contributed by atoms with E-state index in [0.29, 0.717) is 0 Å². The first kappa shape index (κ1) is 11.4. The van der Waals surface area contributed by atoms with E-state index >= 15 is 0 Å². The average Bonchev–Trinajstić information content (AvgIpc) is 2.88. The molecule has 0 aromatic heterocycles.